The van der Waals surface area contributed by atoms with Crippen LogP contribution in [0.25, 0.3) is 0 Å². The summed E-state index contributed by atoms with van der Waals surface area (Å²) in [6.07, 6.45) is 1.06. The van der Waals surface area contributed by atoms with Crippen LogP contribution in [-0.4, -0.2) is 29.3 Å². The van der Waals surface area contributed by atoms with Gasteiger partial charge in [-0.2, -0.15) is 0 Å². The molecular weight excluding hydrogens is 278 g/mol. The number of fused-ring (bicyclic) bond motifs is 1. The summed E-state index contributed by atoms with van der Waals surface area (Å²) in [6, 6.07) is 6.05. The van der Waals surface area contributed by atoms with E-state index >= 15 is 0 Å². The SMILES string of the molecule is Cc1ccc2c(c1)CCC(C(=O)NC(C)(C)C(C)(C)CO)O2. The molecule has 1 aliphatic rings. The fourth-order valence-electron chi connectivity index (χ4n) is 2.46. The van der Waals surface area contributed by atoms with Crippen molar-refractivity contribution in [2.45, 2.75) is 59.1 Å². The summed E-state index contributed by atoms with van der Waals surface area (Å²) >= 11 is 0. The molecular formula is C18H27NO3. The standard InChI is InChI=1S/C18H27NO3/c1-12-6-8-14-13(10-12)7-9-15(22-14)16(21)19-18(4,5)17(2,3)11-20/h6,8,10,15,20H,7,9,11H2,1-5H3,(H,19,21). The summed E-state index contributed by atoms with van der Waals surface area (Å²) in [4.78, 5) is 12.5. The van der Waals surface area contributed by atoms with Gasteiger partial charge in [0.2, 0.25) is 0 Å². The number of hydrogen-bond acceptors (Lipinski definition) is 3. The van der Waals surface area contributed by atoms with E-state index in [2.05, 4.69) is 18.3 Å². The zero-order chi connectivity index (χ0) is 16.5. The van der Waals surface area contributed by atoms with Gasteiger partial charge >= 0.3 is 0 Å². The first-order valence-electron chi connectivity index (χ1n) is 7.85. The number of hydrogen-bond donors (Lipinski definition) is 2. The Labute approximate surface area is 132 Å². The van der Waals surface area contributed by atoms with Crippen LogP contribution in [0.1, 0.15) is 45.2 Å². The second-order valence-electron chi connectivity index (χ2n) is 7.41. The van der Waals surface area contributed by atoms with Gasteiger partial charge < -0.3 is 15.2 Å². The number of benzene rings is 1. The first kappa shape index (κ1) is 16.8. The maximum absolute atomic E-state index is 12.5. The predicted octanol–water partition coefficient (Wildman–Crippen LogP) is 2.60. The van der Waals surface area contributed by atoms with E-state index in [1.165, 1.54) is 11.1 Å². The highest BCUT2D eigenvalue weighted by molar-refractivity contribution is 5.82. The quantitative estimate of drug-likeness (QED) is 0.899. The van der Waals surface area contributed by atoms with Crippen LogP contribution in [0.15, 0.2) is 18.2 Å². The van der Waals surface area contributed by atoms with Crippen molar-refractivity contribution < 1.29 is 14.6 Å². The van der Waals surface area contributed by atoms with Crippen LogP contribution in [-0.2, 0) is 11.2 Å². The van der Waals surface area contributed by atoms with Crippen molar-refractivity contribution in [2.24, 2.45) is 5.41 Å². The maximum atomic E-state index is 12.5. The summed E-state index contributed by atoms with van der Waals surface area (Å²) in [7, 11) is 0. The van der Waals surface area contributed by atoms with Crippen LogP contribution in [0.3, 0.4) is 0 Å². The highest BCUT2D eigenvalue weighted by Crippen LogP contribution is 2.32. The van der Waals surface area contributed by atoms with Gasteiger partial charge in [-0.15, -0.1) is 0 Å². The molecule has 0 fully saturated rings. The molecule has 122 valence electrons. The highest BCUT2D eigenvalue weighted by atomic mass is 16.5. The fourth-order valence-corrected chi connectivity index (χ4v) is 2.46. The molecule has 0 radical (unpaired) electrons. The molecule has 4 nitrogen and oxygen atoms in total. The van der Waals surface area contributed by atoms with E-state index in [-0.39, 0.29) is 12.5 Å². The molecule has 0 spiro atoms. The topological polar surface area (TPSA) is 58.6 Å². The molecule has 22 heavy (non-hydrogen) atoms. The largest absolute Gasteiger partial charge is 0.480 e. The van der Waals surface area contributed by atoms with Gasteiger partial charge in [0.1, 0.15) is 5.75 Å². The van der Waals surface area contributed by atoms with Gasteiger partial charge in [0.25, 0.3) is 5.91 Å². The van der Waals surface area contributed by atoms with E-state index in [4.69, 9.17) is 4.74 Å². The number of amides is 1. The van der Waals surface area contributed by atoms with E-state index in [0.717, 1.165) is 12.2 Å². The molecule has 0 saturated heterocycles. The zero-order valence-electron chi connectivity index (χ0n) is 14.2. The Morgan fingerprint density at radius 1 is 1.36 bits per heavy atom. The number of nitrogens with one attached hydrogen (secondary N) is 1. The smallest absolute Gasteiger partial charge is 0.261 e. The molecule has 1 aliphatic heterocycles. The number of carbonyl (C=O) groups excluding carboxylic acids is 1. The lowest BCUT2D eigenvalue weighted by atomic mass is 9.75. The van der Waals surface area contributed by atoms with Gasteiger partial charge in [-0.25, -0.2) is 0 Å². The second kappa shape index (κ2) is 5.92. The molecule has 1 amide bonds. The van der Waals surface area contributed by atoms with Gasteiger partial charge in [-0.3, -0.25) is 4.79 Å². The molecule has 1 aromatic carbocycles. The van der Waals surface area contributed by atoms with E-state index in [1.807, 2.05) is 39.8 Å². The molecule has 0 saturated carbocycles. The van der Waals surface area contributed by atoms with Crippen LogP contribution in [0.5, 0.6) is 5.75 Å². The minimum absolute atomic E-state index is 0.00785. The van der Waals surface area contributed by atoms with Crippen LogP contribution in [0, 0.1) is 12.3 Å². The van der Waals surface area contributed by atoms with Crippen molar-refractivity contribution in [3.05, 3.63) is 29.3 Å². The van der Waals surface area contributed by atoms with Gasteiger partial charge in [0.05, 0.1) is 6.61 Å². The third kappa shape index (κ3) is 3.27. The van der Waals surface area contributed by atoms with Crippen molar-refractivity contribution in [3.63, 3.8) is 0 Å². The Hall–Kier alpha value is -1.55. The van der Waals surface area contributed by atoms with Crippen molar-refractivity contribution in [2.75, 3.05) is 6.61 Å². The second-order valence-corrected chi connectivity index (χ2v) is 7.41. The lowest BCUT2D eigenvalue weighted by Crippen LogP contribution is -2.58. The van der Waals surface area contributed by atoms with Crippen LogP contribution < -0.4 is 10.1 Å². The van der Waals surface area contributed by atoms with Crippen LogP contribution >= 0.6 is 0 Å². The number of aliphatic hydroxyl groups is 1. The Morgan fingerprint density at radius 2 is 2.05 bits per heavy atom. The van der Waals surface area contributed by atoms with Crippen molar-refractivity contribution in [1.29, 1.82) is 0 Å². The van der Waals surface area contributed by atoms with E-state index in [9.17, 15) is 9.90 Å². The minimum Gasteiger partial charge on any atom is -0.480 e. The number of rotatable bonds is 4. The lowest BCUT2D eigenvalue weighted by Gasteiger charge is -2.42. The van der Waals surface area contributed by atoms with Gasteiger partial charge in [0.15, 0.2) is 6.10 Å². The Balaban J connectivity index is 2.08. The van der Waals surface area contributed by atoms with Crippen molar-refractivity contribution in [3.8, 4) is 5.75 Å². The summed E-state index contributed by atoms with van der Waals surface area (Å²) < 4.78 is 5.87. The normalized spacial score (nSPS) is 18.4. The lowest BCUT2D eigenvalue weighted by molar-refractivity contribution is -0.132. The van der Waals surface area contributed by atoms with E-state index in [1.54, 1.807) is 0 Å². The van der Waals surface area contributed by atoms with Crippen molar-refractivity contribution in [1.82, 2.24) is 5.32 Å². The molecule has 4 heteroatoms. The average molecular weight is 305 g/mol. The summed E-state index contributed by atoms with van der Waals surface area (Å²) in [6.45, 7) is 9.80. The minimum atomic E-state index is -0.518. The van der Waals surface area contributed by atoms with Crippen LogP contribution in [0.4, 0.5) is 0 Å². The summed E-state index contributed by atoms with van der Waals surface area (Å²) in [5, 5.41) is 12.6. The number of carbonyl (C=O) groups is 1. The molecule has 1 atom stereocenters. The summed E-state index contributed by atoms with van der Waals surface area (Å²) in [5.41, 5.74) is 1.44. The predicted molar refractivity (Wildman–Crippen MR) is 87.0 cm³/mol. The molecule has 0 aliphatic carbocycles. The van der Waals surface area contributed by atoms with Crippen LogP contribution in [0.2, 0.25) is 0 Å². The van der Waals surface area contributed by atoms with Gasteiger partial charge in [0, 0.05) is 11.0 Å². The third-order valence-corrected chi connectivity index (χ3v) is 4.98. The number of aryl methyl sites for hydroxylation is 2. The Bertz CT molecular complexity index is 563. The monoisotopic (exact) mass is 305 g/mol. The summed E-state index contributed by atoms with van der Waals surface area (Å²) in [5.74, 6) is 0.689. The number of ether oxygens (including phenoxy) is 1. The highest BCUT2D eigenvalue weighted by Gasteiger charge is 2.39. The third-order valence-electron chi connectivity index (χ3n) is 4.98. The molecule has 2 rings (SSSR count). The average Bonchev–Trinajstić information content (AvgIpc) is 2.45. The molecule has 0 aromatic heterocycles. The maximum Gasteiger partial charge on any atom is 0.261 e. The fraction of sp³-hybridized carbons (Fsp3) is 0.611. The van der Waals surface area contributed by atoms with Gasteiger partial charge in [-0.1, -0.05) is 31.5 Å². The molecule has 2 N–H and O–H groups in total. The first-order valence-corrected chi connectivity index (χ1v) is 7.85. The molecule has 1 unspecified atom stereocenters. The van der Waals surface area contributed by atoms with E-state index < -0.39 is 17.1 Å². The molecule has 1 heterocycles. The number of aliphatic hydroxyl groups excluding tert-OH is 1. The molecule has 1 aromatic rings. The Morgan fingerprint density at radius 3 is 2.68 bits per heavy atom. The zero-order valence-corrected chi connectivity index (χ0v) is 14.2. The first-order chi connectivity index (χ1) is 10.2. The van der Waals surface area contributed by atoms with Gasteiger partial charge in [-0.05, 0) is 45.2 Å². The van der Waals surface area contributed by atoms with Crippen molar-refractivity contribution >= 4 is 5.91 Å². The van der Waals surface area contributed by atoms with E-state index in [0.29, 0.717) is 6.42 Å². The molecule has 0 bridgehead atoms. The Kier molecular flexibility index (Phi) is 4.52.